The van der Waals surface area contributed by atoms with Crippen molar-refractivity contribution in [2.75, 3.05) is 19.8 Å². The molecule has 3 aromatic rings. The number of carbonyl (C=O) groups excluding carboxylic acids is 1. The third-order valence-electron chi connectivity index (χ3n) is 4.50. The topological polar surface area (TPSA) is 86.5 Å². The van der Waals surface area contributed by atoms with Crippen LogP contribution in [0.5, 0.6) is 11.5 Å². The van der Waals surface area contributed by atoms with Crippen LogP contribution in [0.25, 0.3) is 22.2 Å². The second kappa shape index (κ2) is 7.13. The lowest BCUT2D eigenvalue weighted by atomic mass is 10.0. The highest BCUT2D eigenvalue weighted by Crippen LogP contribution is 2.35. The zero-order chi connectivity index (χ0) is 19.7. The molecule has 4 rings (SSSR count). The predicted octanol–water partition coefficient (Wildman–Crippen LogP) is 3.14. The van der Waals surface area contributed by atoms with Crippen molar-refractivity contribution in [3.05, 3.63) is 54.1 Å². The number of hydrogen-bond acceptors (Lipinski definition) is 5. The van der Waals surface area contributed by atoms with Crippen molar-refractivity contribution in [3.8, 4) is 22.8 Å². The SMILES string of the molecule is CC(C)(N)CNC(=O)c1cc(-c2ccc3c(c2)OCCO3)nc2ccccc12. The highest BCUT2D eigenvalue weighted by atomic mass is 16.6. The fraction of sp³-hybridized carbons (Fsp3) is 0.273. The summed E-state index contributed by atoms with van der Waals surface area (Å²) in [5, 5.41) is 3.73. The van der Waals surface area contributed by atoms with Gasteiger partial charge in [-0.25, -0.2) is 4.98 Å². The lowest BCUT2D eigenvalue weighted by Crippen LogP contribution is -2.45. The summed E-state index contributed by atoms with van der Waals surface area (Å²) < 4.78 is 11.3. The van der Waals surface area contributed by atoms with E-state index in [1.807, 2.05) is 62.4 Å². The molecule has 6 heteroatoms. The van der Waals surface area contributed by atoms with Crippen LogP contribution in [0.3, 0.4) is 0 Å². The minimum absolute atomic E-state index is 0.170. The van der Waals surface area contributed by atoms with Crippen LogP contribution in [0.2, 0.25) is 0 Å². The first-order valence-corrected chi connectivity index (χ1v) is 9.28. The maximum absolute atomic E-state index is 12.9. The molecule has 0 fully saturated rings. The number of pyridine rings is 1. The average Bonchev–Trinajstić information content (AvgIpc) is 2.70. The van der Waals surface area contributed by atoms with E-state index in [4.69, 9.17) is 20.2 Å². The fourth-order valence-corrected chi connectivity index (χ4v) is 3.12. The number of carbonyl (C=O) groups is 1. The average molecular weight is 377 g/mol. The first-order chi connectivity index (χ1) is 13.4. The number of nitrogens with two attached hydrogens (primary N) is 1. The number of nitrogens with one attached hydrogen (secondary N) is 1. The maximum atomic E-state index is 12.9. The van der Waals surface area contributed by atoms with E-state index in [1.165, 1.54) is 0 Å². The summed E-state index contributed by atoms with van der Waals surface area (Å²) in [6.45, 7) is 5.19. The molecule has 6 nitrogen and oxygen atoms in total. The van der Waals surface area contributed by atoms with Crippen LogP contribution in [0.15, 0.2) is 48.5 Å². The second-order valence-corrected chi connectivity index (χ2v) is 7.60. The summed E-state index contributed by atoms with van der Waals surface area (Å²) in [6, 6.07) is 15.1. The Morgan fingerprint density at radius 3 is 2.64 bits per heavy atom. The van der Waals surface area contributed by atoms with Crippen LogP contribution in [0, 0.1) is 0 Å². The van der Waals surface area contributed by atoms with Crippen molar-refractivity contribution >= 4 is 16.8 Å². The molecular formula is C22H23N3O3. The molecule has 0 aliphatic carbocycles. The van der Waals surface area contributed by atoms with Gasteiger partial charge in [-0.1, -0.05) is 18.2 Å². The van der Waals surface area contributed by atoms with Gasteiger partial charge in [0.1, 0.15) is 13.2 Å². The van der Waals surface area contributed by atoms with Crippen LogP contribution in [-0.2, 0) is 0 Å². The van der Waals surface area contributed by atoms with E-state index < -0.39 is 5.54 Å². The van der Waals surface area contributed by atoms with Gasteiger partial charge in [-0.15, -0.1) is 0 Å². The van der Waals surface area contributed by atoms with Crippen LogP contribution in [0.1, 0.15) is 24.2 Å². The summed E-state index contributed by atoms with van der Waals surface area (Å²) in [5.74, 6) is 1.24. The number of rotatable bonds is 4. The summed E-state index contributed by atoms with van der Waals surface area (Å²) in [6.07, 6.45) is 0. The van der Waals surface area contributed by atoms with E-state index in [0.717, 1.165) is 22.2 Å². The summed E-state index contributed by atoms with van der Waals surface area (Å²) in [5.41, 5.74) is 8.41. The van der Waals surface area contributed by atoms with Crippen molar-refractivity contribution in [1.82, 2.24) is 10.3 Å². The number of benzene rings is 2. The molecule has 0 saturated heterocycles. The monoisotopic (exact) mass is 377 g/mol. The number of amides is 1. The smallest absolute Gasteiger partial charge is 0.252 e. The normalized spacial score (nSPS) is 13.4. The largest absolute Gasteiger partial charge is 0.486 e. The van der Waals surface area contributed by atoms with Crippen LogP contribution >= 0.6 is 0 Å². The van der Waals surface area contributed by atoms with Crippen molar-refractivity contribution < 1.29 is 14.3 Å². The third-order valence-corrected chi connectivity index (χ3v) is 4.50. The Morgan fingerprint density at radius 2 is 1.86 bits per heavy atom. The molecule has 1 amide bonds. The fourth-order valence-electron chi connectivity index (χ4n) is 3.12. The first-order valence-electron chi connectivity index (χ1n) is 9.28. The highest BCUT2D eigenvalue weighted by Gasteiger charge is 2.18. The molecular weight excluding hydrogens is 354 g/mol. The number of nitrogens with zero attached hydrogens (tertiary/aromatic N) is 1. The van der Waals surface area contributed by atoms with Crippen molar-refractivity contribution in [2.24, 2.45) is 5.73 Å². The highest BCUT2D eigenvalue weighted by molar-refractivity contribution is 6.07. The molecule has 0 unspecified atom stereocenters. The molecule has 1 aromatic heterocycles. The molecule has 2 heterocycles. The van der Waals surface area contributed by atoms with E-state index in [0.29, 0.717) is 36.8 Å². The van der Waals surface area contributed by atoms with Gasteiger partial charge < -0.3 is 20.5 Å². The van der Waals surface area contributed by atoms with Crippen molar-refractivity contribution in [1.29, 1.82) is 0 Å². The van der Waals surface area contributed by atoms with Gasteiger partial charge in [-0.2, -0.15) is 0 Å². The molecule has 28 heavy (non-hydrogen) atoms. The lowest BCUT2D eigenvalue weighted by molar-refractivity contribution is 0.0947. The number of aromatic nitrogens is 1. The van der Waals surface area contributed by atoms with Crippen LogP contribution in [0.4, 0.5) is 0 Å². The third kappa shape index (κ3) is 3.77. The molecule has 0 saturated carbocycles. The zero-order valence-corrected chi connectivity index (χ0v) is 16.0. The predicted molar refractivity (Wildman–Crippen MR) is 109 cm³/mol. The van der Waals surface area contributed by atoms with Gasteiger partial charge >= 0.3 is 0 Å². The zero-order valence-electron chi connectivity index (χ0n) is 16.0. The first kappa shape index (κ1) is 18.3. The van der Waals surface area contributed by atoms with Gasteiger partial charge in [0.2, 0.25) is 0 Å². The minimum atomic E-state index is -0.489. The van der Waals surface area contributed by atoms with Gasteiger partial charge in [-0.05, 0) is 44.2 Å². The van der Waals surface area contributed by atoms with Gasteiger partial charge in [0.05, 0.1) is 16.8 Å². The molecule has 0 bridgehead atoms. The molecule has 2 aromatic carbocycles. The van der Waals surface area contributed by atoms with E-state index in [-0.39, 0.29) is 5.91 Å². The molecule has 3 N–H and O–H groups in total. The Morgan fingerprint density at radius 1 is 1.11 bits per heavy atom. The van der Waals surface area contributed by atoms with Gasteiger partial charge in [0.15, 0.2) is 11.5 Å². The van der Waals surface area contributed by atoms with E-state index in [1.54, 1.807) is 0 Å². The standard InChI is InChI=1S/C22H23N3O3/c1-22(2,23)13-24-21(26)16-12-18(25-17-6-4-3-5-15(16)17)14-7-8-19-20(11-14)28-10-9-27-19/h3-8,11-12H,9-10,13,23H2,1-2H3,(H,24,26). The molecule has 1 aliphatic rings. The van der Waals surface area contributed by atoms with E-state index in [9.17, 15) is 4.79 Å². The number of fused-ring (bicyclic) bond motifs is 2. The Hall–Kier alpha value is -3.12. The molecule has 0 spiro atoms. The lowest BCUT2D eigenvalue weighted by Gasteiger charge is -2.20. The number of para-hydroxylation sites is 1. The van der Waals surface area contributed by atoms with Crippen molar-refractivity contribution in [3.63, 3.8) is 0 Å². The molecule has 0 atom stereocenters. The second-order valence-electron chi connectivity index (χ2n) is 7.60. The number of hydrogen-bond donors (Lipinski definition) is 2. The number of ether oxygens (including phenoxy) is 2. The Balaban J connectivity index is 1.77. The minimum Gasteiger partial charge on any atom is -0.486 e. The van der Waals surface area contributed by atoms with Crippen LogP contribution < -0.4 is 20.5 Å². The summed E-state index contributed by atoms with van der Waals surface area (Å²) in [4.78, 5) is 17.6. The Labute approximate surface area is 163 Å². The molecule has 0 radical (unpaired) electrons. The van der Waals surface area contributed by atoms with Gasteiger partial charge in [0.25, 0.3) is 5.91 Å². The summed E-state index contributed by atoms with van der Waals surface area (Å²) in [7, 11) is 0. The Bertz CT molecular complexity index is 1040. The van der Waals surface area contributed by atoms with E-state index in [2.05, 4.69) is 5.32 Å². The quantitative estimate of drug-likeness (QED) is 0.729. The summed E-state index contributed by atoms with van der Waals surface area (Å²) >= 11 is 0. The van der Waals surface area contributed by atoms with Crippen molar-refractivity contribution in [2.45, 2.75) is 19.4 Å². The molecule has 1 aliphatic heterocycles. The Kier molecular flexibility index (Phi) is 4.65. The maximum Gasteiger partial charge on any atom is 0.252 e. The van der Waals surface area contributed by atoms with Gasteiger partial charge in [-0.3, -0.25) is 4.79 Å². The van der Waals surface area contributed by atoms with Gasteiger partial charge in [0, 0.05) is 23.0 Å². The van der Waals surface area contributed by atoms with Crippen LogP contribution in [-0.4, -0.2) is 36.2 Å². The van der Waals surface area contributed by atoms with E-state index >= 15 is 0 Å². The molecule has 144 valence electrons.